The molecule has 0 bridgehead atoms. The number of aldehydes is 1. The number of carbonyl (C=O) groups is 1. The molecule has 2 rings (SSSR count). The van der Waals surface area contributed by atoms with E-state index < -0.39 is 0 Å². The van der Waals surface area contributed by atoms with Gasteiger partial charge in [0, 0.05) is 11.6 Å². The van der Waals surface area contributed by atoms with Gasteiger partial charge < -0.3 is 0 Å². The van der Waals surface area contributed by atoms with Crippen molar-refractivity contribution in [1.82, 2.24) is 5.10 Å². The van der Waals surface area contributed by atoms with Gasteiger partial charge in [0.15, 0.2) is 17.5 Å². The number of aromatic nitrogens is 2. The van der Waals surface area contributed by atoms with Crippen molar-refractivity contribution in [1.29, 1.82) is 0 Å². The molecule has 0 atom stereocenters. The first-order valence-electron chi connectivity index (χ1n) is 3.83. The van der Waals surface area contributed by atoms with Gasteiger partial charge in [-0.3, -0.25) is 4.79 Å². The summed E-state index contributed by atoms with van der Waals surface area (Å²) in [5.41, 5.74) is 1.39. The van der Waals surface area contributed by atoms with Gasteiger partial charge in [-0.1, -0.05) is 0 Å². The van der Waals surface area contributed by atoms with E-state index in [0.717, 1.165) is 17.0 Å². The average Bonchev–Trinajstić information content (AvgIpc) is 2.85. The zero-order valence-electron chi connectivity index (χ0n) is 6.98. The van der Waals surface area contributed by atoms with Crippen LogP contribution in [0.4, 0.5) is 5.00 Å². The molecule has 6 heteroatoms. The van der Waals surface area contributed by atoms with Crippen LogP contribution in [0, 0.1) is 4.91 Å². The molecular formula is C8H6N3O2S+. The lowest BCUT2D eigenvalue weighted by molar-refractivity contribution is -0.448. The van der Waals surface area contributed by atoms with Gasteiger partial charge in [-0.05, 0) is 11.2 Å². The molecule has 2 N–H and O–H groups in total. The molecule has 0 aliphatic rings. The lowest BCUT2D eigenvalue weighted by Crippen LogP contribution is -1.97. The Bertz CT molecular complexity index is 461. The van der Waals surface area contributed by atoms with Gasteiger partial charge in [-0.2, -0.15) is 5.10 Å². The van der Waals surface area contributed by atoms with Crippen LogP contribution in [-0.4, -0.2) is 11.4 Å². The quantitative estimate of drug-likeness (QED) is 0.616. The van der Waals surface area contributed by atoms with Crippen molar-refractivity contribution < 1.29 is 9.89 Å². The van der Waals surface area contributed by atoms with Gasteiger partial charge in [-0.15, -0.1) is 21.3 Å². The van der Waals surface area contributed by atoms with E-state index in [4.69, 9.17) is 0 Å². The van der Waals surface area contributed by atoms with Crippen LogP contribution in [0.15, 0.2) is 23.5 Å². The van der Waals surface area contributed by atoms with Crippen LogP contribution in [0.3, 0.4) is 0 Å². The number of hydrogen-bond acceptors (Lipinski definition) is 4. The maximum absolute atomic E-state index is 10.5. The summed E-state index contributed by atoms with van der Waals surface area (Å²) in [6, 6.07) is 3.40. The highest BCUT2D eigenvalue weighted by molar-refractivity contribution is 7.17. The van der Waals surface area contributed by atoms with Crippen molar-refractivity contribution in [3.05, 3.63) is 28.1 Å². The molecule has 2 aromatic rings. The number of hydrogen-bond donors (Lipinski definition) is 1. The van der Waals surface area contributed by atoms with Crippen molar-refractivity contribution in [3.63, 3.8) is 0 Å². The maximum Gasteiger partial charge on any atom is 0.193 e. The van der Waals surface area contributed by atoms with Crippen LogP contribution in [0.2, 0.25) is 0 Å². The Hall–Kier alpha value is -1.82. The second-order valence-corrected chi connectivity index (χ2v) is 3.66. The van der Waals surface area contributed by atoms with Crippen LogP contribution in [0.1, 0.15) is 9.67 Å². The molecule has 0 aliphatic carbocycles. The summed E-state index contributed by atoms with van der Waals surface area (Å²) in [6.07, 6.45) is 2.40. The minimum atomic E-state index is 0.308. The molecule has 0 fully saturated rings. The van der Waals surface area contributed by atoms with Crippen LogP contribution in [0.25, 0.3) is 11.3 Å². The number of nitroso groups, excluding NO2 is 1. The second kappa shape index (κ2) is 3.51. The van der Waals surface area contributed by atoms with Crippen LogP contribution in [0.5, 0.6) is 0 Å². The predicted octanol–water partition coefficient (Wildman–Crippen LogP) is 1.77. The molecule has 14 heavy (non-hydrogen) atoms. The lowest BCUT2D eigenvalue weighted by Gasteiger charge is -1.87. The third-order valence-electron chi connectivity index (χ3n) is 1.76. The second-order valence-electron chi connectivity index (χ2n) is 2.59. The van der Waals surface area contributed by atoms with E-state index in [0.29, 0.717) is 21.7 Å². The number of nitrogens with zero attached hydrogens (tertiary/aromatic N) is 1. The fourth-order valence-corrected chi connectivity index (χ4v) is 1.93. The topological polar surface area (TPSA) is 76.4 Å². The van der Waals surface area contributed by atoms with E-state index in [9.17, 15) is 9.70 Å². The standard InChI is InChI=1S/C8H5N3O2S/c12-4-5-3-6(8(11-13)14-5)7-1-2-9-10-7/h1-4H,(H,9,10)/p+1. The number of carbonyl (C=O) groups excluding carboxylic acids is 1. The zero-order chi connectivity index (χ0) is 9.97. The van der Waals surface area contributed by atoms with Gasteiger partial charge >= 0.3 is 0 Å². The molecule has 70 valence electrons. The zero-order valence-corrected chi connectivity index (χ0v) is 7.80. The molecule has 2 heterocycles. The number of thiophene rings is 1. The number of nitrogens with one attached hydrogen (secondary N) is 2. The smallest absolute Gasteiger partial charge is 0.193 e. The van der Waals surface area contributed by atoms with Crippen LogP contribution in [-0.2, 0) is 0 Å². The van der Waals surface area contributed by atoms with Crippen molar-refractivity contribution >= 4 is 22.6 Å². The summed E-state index contributed by atoms with van der Waals surface area (Å²) in [6.45, 7) is 0. The Morgan fingerprint density at radius 2 is 2.43 bits per heavy atom. The molecule has 2 aromatic heterocycles. The largest absolute Gasteiger partial charge is 0.297 e. The summed E-state index contributed by atoms with van der Waals surface area (Å²) >= 11 is 1.08. The molecule has 0 aliphatic heterocycles. The van der Waals surface area contributed by atoms with Crippen molar-refractivity contribution in [2.24, 2.45) is 5.18 Å². The molecule has 0 amide bonds. The van der Waals surface area contributed by atoms with Gasteiger partial charge in [0.1, 0.15) is 5.69 Å². The normalized spacial score (nSPS) is 10.0. The van der Waals surface area contributed by atoms with E-state index >= 15 is 0 Å². The lowest BCUT2D eigenvalue weighted by atomic mass is 10.2. The molecule has 5 nitrogen and oxygen atoms in total. The Balaban J connectivity index is 2.56. The Kier molecular flexibility index (Phi) is 2.19. The number of H-pyrrole nitrogens is 2. The monoisotopic (exact) mass is 208 g/mol. The van der Waals surface area contributed by atoms with E-state index in [1.165, 1.54) is 0 Å². The third-order valence-corrected chi connectivity index (χ3v) is 2.70. The number of rotatable bonds is 3. The Labute approximate surface area is 82.7 Å². The predicted molar refractivity (Wildman–Crippen MR) is 51.5 cm³/mol. The minimum absolute atomic E-state index is 0.308. The molecule has 0 saturated carbocycles. The van der Waals surface area contributed by atoms with Crippen LogP contribution >= 0.6 is 11.3 Å². The number of aromatic amines is 2. The van der Waals surface area contributed by atoms with Gasteiger partial charge in [0.25, 0.3) is 0 Å². The average molecular weight is 208 g/mol. The molecule has 0 saturated heterocycles. The molecule has 0 unspecified atom stereocenters. The van der Waals surface area contributed by atoms with Crippen molar-refractivity contribution in [3.8, 4) is 11.3 Å². The van der Waals surface area contributed by atoms with E-state index in [1.807, 2.05) is 0 Å². The summed E-state index contributed by atoms with van der Waals surface area (Å²) in [5, 5.41) is 8.77. The third kappa shape index (κ3) is 1.35. The fourth-order valence-electron chi connectivity index (χ4n) is 1.16. The van der Waals surface area contributed by atoms with Gasteiger partial charge in [0.05, 0.1) is 4.88 Å². The highest BCUT2D eigenvalue weighted by Crippen LogP contribution is 2.36. The van der Waals surface area contributed by atoms with E-state index in [2.05, 4.69) is 15.4 Å². The first-order valence-corrected chi connectivity index (χ1v) is 4.64. The highest BCUT2D eigenvalue weighted by atomic mass is 32.1. The van der Waals surface area contributed by atoms with Gasteiger partial charge in [-0.25, -0.2) is 0 Å². The molecule has 0 aromatic carbocycles. The molecule has 0 spiro atoms. The maximum atomic E-state index is 10.5. The molecular weight excluding hydrogens is 202 g/mol. The minimum Gasteiger partial charge on any atom is -0.297 e. The molecule has 0 radical (unpaired) electrons. The Morgan fingerprint density at radius 1 is 1.57 bits per heavy atom. The summed E-state index contributed by atoms with van der Waals surface area (Å²) in [5.74, 6) is 0. The summed E-state index contributed by atoms with van der Waals surface area (Å²) in [4.78, 5) is 21.5. The first kappa shape index (κ1) is 8.76. The van der Waals surface area contributed by atoms with Crippen LogP contribution < -0.4 is 5.10 Å². The fraction of sp³-hybridized carbons (Fsp3) is 0. The Morgan fingerprint density at radius 3 is 3.00 bits per heavy atom. The van der Waals surface area contributed by atoms with Crippen molar-refractivity contribution in [2.75, 3.05) is 0 Å². The van der Waals surface area contributed by atoms with E-state index in [-0.39, 0.29) is 0 Å². The first-order chi connectivity index (χ1) is 6.85. The summed E-state index contributed by atoms with van der Waals surface area (Å²) in [7, 11) is 0. The van der Waals surface area contributed by atoms with E-state index in [1.54, 1.807) is 18.3 Å². The SMILES string of the molecule is O=Cc1cc(-c2cc[nH+][nH]2)c(N=O)s1. The van der Waals surface area contributed by atoms with Crippen molar-refractivity contribution in [2.45, 2.75) is 0 Å². The summed E-state index contributed by atoms with van der Waals surface area (Å²) < 4.78 is 0. The van der Waals surface area contributed by atoms with Gasteiger partial charge in [0.2, 0.25) is 0 Å². The highest BCUT2D eigenvalue weighted by Gasteiger charge is 2.13.